The Morgan fingerprint density at radius 1 is 1.23 bits per heavy atom. The fourth-order valence-corrected chi connectivity index (χ4v) is 3.84. The Labute approximate surface area is 160 Å². The van der Waals surface area contributed by atoms with Crippen molar-refractivity contribution in [1.82, 2.24) is 15.3 Å². The molecule has 3 heterocycles. The van der Waals surface area contributed by atoms with Crippen LogP contribution in [0.1, 0.15) is 28.9 Å². The predicted molar refractivity (Wildman–Crippen MR) is 107 cm³/mol. The van der Waals surface area contributed by atoms with Crippen LogP contribution in [0, 0.1) is 0 Å². The Bertz CT molecular complexity index is 868. The normalized spacial score (nSPS) is 18.7. The van der Waals surface area contributed by atoms with Gasteiger partial charge < -0.3 is 9.88 Å². The molecular weight excluding hydrogens is 370 g/mol. The van der Waals surface area contributed by atoms with Gasteiger partial charge in [-0.25, -0.2) is 4.99 Å². The van der Waals surface area contributed by atoms with E-state index in [9.17, 15) is 4.79 Å². The van der Waals surface area contributed by atoms with E-state index in [0.29, 0.717) is 16.5 Å². The van der Waals surface area contributed by atoms with Gasteiger partial charge >= 0.3 is 0 Å². The van der Waals surface area contributed by atoms with Crippen LogP contribution >= 0.6 is 23.4 Å². The van der Waals surface area contributed by atoms with Crippen molar-refractivity contribution in [3.63, 3.8) is 0 Å². The van der Waals surface area contributed by atoms with Crippen LogP contribution in [0.2, 0.25) is 5.02 Å². The third-order valence-corrected chi connectivity index (χ3v) is 5.46. The van der Waals surface area contributed by atoms with Crippen molar-refractivity contribution in [2.45, 2.75) is 12.8 Å². The summed E-state index contributed by atoms with van der Waals surface area (Å²) in [5.74, 6) is 0.755. The van der Waals surface area contributed by atoms with Gasteiger partial charge in [0.25, 0.3) is 5.91 Å². The van der Waals surface area contributed by atoms with Crippen molar-refractivity contribution in [3.05, 3.63) is 52.8 Å². The number of hydrogen-bond donors (Lipinski definition) is 2. The number of likely N-dealkylation sites (tertiary alicyclic amines) is 1. The summed E-state index contributed by atoms with van der Waals surface area (Å²) in [6.07, 6.45) is 4.01. The van der Waals surface area contributed by atoms with E-state index < -0.39 is 0 Å². The summed E-state index contributed by atoms with van der Waals surface area (Å²) in [7, 11) is 0. The summed E-state index contributed by atoms with van der Waals surface area (Å²) >= 11 is 7.46. The second-order valence-corrected chi connectivity index (χ2v) is 7.55. The maximum Gasteiger partial charge on any atom is 0.270 e. The molecule has 1 aromatic heterocycles. The molecule has 134 valence electrons. The van der Waals surface area contributed by atoms with Crippen molar-refractivity contribution in [1.29, 1.82) is 0 Å². The highest BCUT2D eigenvalue weighted by Gasteiger charge is 2.22. The highest BCUT2D eigenvalue weighted by Crippen LogP contribution is 2.21. The SMILES string of the molecule is O=C(c1cc(C2=NNC(=Nc3ccc(Cl)cc3)SC2)c[nH]1)N1CCCC1. The molecule has 4 rings (SSSR count). The molecule has 0 atom stereocenters. The lowest BCUT2D eigenvalue weighted by Gasteiger charge is -2.14. The van der Waals surface area contributed by atoms with Gasteiger partial charge in [0.2, 0.25) is 0 Å². The molecule has 1 aromatic carbocycles. The van der Waals surface area contributed by atoms with Crippen molar-refractivity contribution in [3.8, 4) is 0 Å². The number of nitrogens with one attached hydrogen (secondary N) is 2. The monoisotopic (exact) mass is 387 g/mol. The number of amidine groups is 1. The summed E-state index contributed by atoms with van der Waals surface area (Å²) < 4.78 is 0. The van der Waals surface area contributed by atoms with E-state index in [0.717, 1.165) is 48.1 Å². The van der Waals surface area contributed by atoms with Crippen LogP contribution in [0.4, 0.5) is 5.69 Å². The molecule has 0 unspecified atom stereocenters. The molecule has 2 N–H and O–H groups in total. The molecule has 2 aliphatic heterocycles. The molecule has 0 spiro atoms. The first-order valence-corrected chi connectivity index (χ1v) is 9.83. The van der Waals surface area contributed by atoms with E-state index in [1.165, 1.54) is 0 Å². The molecule has 0 radical (unpaired) electrons. The predicted octanol–water partition coefficient (Wildman–Crippen LogP) is 3.63. The lowest BCUT2D eigenvalue weighted by atomic mass is 10.2. The summed E-state index contributed by atoms with van der Waals surface area (Å²) in [6, 6.07) is 9.21. The number of halogens is 1. The minimum absolute atomic E-state index is 0.0655. The number of aromatic nitrogens is 1. The Morgan fingerprint density at radius 2 is 2.00 bits per heavy atom. The first-order valence-electron chi connectivity index (χ1n) is 8.47. The lowest BCUT2D eigenvalue weighted by Crippen LogP contribution is -2.27. The maximum atomic E-state index is 12.4. The van der Waals surface area contributed by atoms with Gasteiger partial charge in [0, 0.05) is 35.6 Å². The highest BCUT2D eigenvalue weighted by atomic mass is 35.5. The number of amides is 1. The average molecular weight is 388 g/mol. The highest BCUT2D eigenvalue weighted by molar-refractivity contribution is 8.14. The number of thioether (sulfide) groups is 1. The Morgan fingerprint density at radius 3 is 2.69 bits per heavy atom. The quantitative estimate of drug-likeness (QED) is 0.844. The van der Waals surface area contributed by atoms with Crippen molar-refractivity contribution in [2.75, 3.05) is 18.8 Å². The molecule has 0 bridgehead atoms. The third kappa shape index (κ3) is 3.78. The zero-order valence-electron chi connectivity index (χ0n) is 14.0. The number of rotatable bonds is 3. The number of carbonyl (C=O) groups is 1. The van der Waals surface area contributed by atoms with E-state index in [-0.39, 0.29) is 5.91 Å². The lowest BCUT2D eigenvalue weighted by molar-refractivity contribution is 0.0787. The number of aliphatic imine (C=N–C) groups is 1. The van der Waals surface area contributed by atoms with Crippen molar-refractivity contribution in [2.24, 2.45) is 10.1 Å². The van der Waals surface area contributed by atoms with Crippen molar-refractivity contribution >= 4 is 45.8 Å². The van der Waals surface area contributed by atoms with Gasteiger partial charge in [0.05, 0.1) is 11.4 Å². The van der Waals surface area contributed by atoms with Crippen LogP contribution < -0.4 is 5.43 Å². The number of nitrogens with zero attached hydrogens (tertiary/aromatic N) is 3. The van der Waals surface area contributed by atoms with E-state index in [2.05, 4.69) is 20.5 Å². The summed E-state index contributed by atoms with van der Waals surface area (Å²) in [6.45, 7) is 1.69. The number of hydrogen-bond acceptors (Lipinski definition) is 4. The van der Waals surface area contributed by atoms with E-state index in [1.54, 1.807) is 11.8 Å². The standard InChI is InChI=1S/C18H18ClN5OS/c19-13-3-5-14(6-4-13)21-18-23-22-16(11-26-18)12-9-15(20-10-12)17(25)24-7-1-2-8-24/h3-6,9-10,20H,1-2,7-8,11H2,(H,21,23). The molecule has 8 heteroatoms. The van der Waals surface area contributed by atoms with Crippen LogP contribution in [-0.4, -0.2) is 45.5 Å². The van der Waals surface area contributed by atoms with E-state index >= 15 is 0 Å². The fourth-order valence-electron chi connectivity index (χ4n) is 2.93. The second kappa shape index (κ2) is 7.55. The number of benzene rings is 1. The summed E-state index contributed by atoms with van der Waals surface area (Å²) in [5.41, 5.74) is 6.25. The Hall–Kier alpha value is -2.25. The molecule has 2 aliphatic rings. The Balaban J connectivity index is 1.44. The first kappa shape index (κ1) is 17.2. The minimum atomic E-state index is 0.0655. The largest absolute Gasteiger partial charge is 0.357 e. The second-order valence-electron chi connectivity index (χ2n) is 6.15. The van der Waals surface area contributed by atoms with Gasteiger partial charge in [-0.1, -0.05) is 23.4 Å². The van der Waals surface area contributed by atoms with Gasteiger partial charge in [-0.05, 0) is 43.2 Å². The van der Waals surface area contributed by atoms with E-state index in [1.807, 2.05) is 41.4 Å². The Kier molecular flexibility index (Phi) is 4.99. The van der Waals surface area contributed by atoms with Gasteiger partial charge in [0.1, 0.15) is 5.69 Å². The zero-order valence-corrected chi connectivity index (χ0v) is 15.6. The number of hydrazone groups is 1. The van der Waals surface area contributed by atoms with Crippen molar-refractivity contribution < 1.29 is 4.79 Å². The van der Waals surface area contributed by atoms with Gasteiger partial charge in [-0.3, -0.25) is 10.2 Å². The maximum absolute atomic E-state index is 12.4. The van der Waals surface area contributed by atoms with Crippen LogP contribution in [0.3, 0.4) is 0 Å². The molecule has 26 heavy (non-hydrogen) atoms. The van der Waals surface area contributed by atoms with Crippen LogP contribution in [0.15, 0.2) is 46.6 Å². The minimum Gasteiger partial charge on any atom is -0.357 e. The number of H-pyrrole nitrogens is 1. The molecule has 1 fully saturated rings. The van der Waals surface area contributed by atoms with Crippen LogP contribution in [0.5, 0.6) is 0 Å². The fraction of sp³-hybridized carbons (Fsp3) is 0.278. The van der Waals surface area contributed by atoms with E-state index in [4.69, 9.17) is 11.6 Å². The topological polar surface area (TPSA) is 72.8 Å². The third-order valence-electron chi connectivity index (χ3n) is 4.33. The number of carbonyl (C=O) groups excluding carboxylic acids is 1. The molecule has 1 amide bonds. The molecule has 6 nitrogen and oxygen atoms in total. The molecular formula is C18H18ClN5OS. The van der Waals surface area contributed by atoms with Crippen LogP contribution in [-0.2, 0) is 0 Å². The summed E-state index contributed by atoms with van der Waals surface area (Å²) in [5, 5.41) is 5.83. The molecule has 2 aromatic rings. The zero-order chi connectivity index (χ0) is 17.9. The van der Waals surface area contributed by atoms with Gasteiger partial charge in [-0.2, -0.15) is 5.10 Å². The molecule has 0 aliphatic carbocycles. The van der Waals surface area contributed by atoms with Gasteiger partial charge in [0.15, 0.2) is 5.17 Å². The number of aromatic amines is 1. The molecule has 0 saturated carbocycles. The summed E-state index contributed by atoms with van der Waals surface area (Å²) in [4.78, 5) is 21.9. The first-order chi connectivity index (χ1) is 12.7. The smallest absolute Gasteiger partial charge is 0.270 e. The molecule has 1 saturated heterocycles. The average Bonchev–Trinajstić information content (AvgIpc) is 3.36. The van der Waals surface area contributed by atoms with Gasteiger partial charge in [-0.15, -0.1) is 0 Å². The van der Waals surface area contributed by atoms with Crippen LogP contribution in [0.25, 0.3) is 0 Å².